The van der Waals surface area contributed by atoms with Gasteiger partial charge in [-0.25, -0.2) is 4.79 Å². The first kappa shape index (κ1) is 19.9. The van der Waals surface area contributed by atoms with Crippen LogP contribution in [0.1, 0.15) is 21.8 Å². The Kier molecular flexibility index (Phi) is 6.67. The fourth-order valence-corrected chi connectivity index (χ4v) is 3.11. The van der Waals surface area contributed by atoms with Gasteiger partial charge in [0, 0.05) is 5.69 Å². The number of carbonyl (C=O) groups is 2. The first-order valence-corrected chi connectivity index (χ1v) is 9.58. The minimum Gasteiger partial charge on any atom is -0.465 e. The number of ether oxygens (including phenoxy) is 1. The van der Waals surface area contributed by atoms with Crippen molar-refractivity contribution in [2.24, 2.45) is 0 Å². The Morgan fingerprint density at radius 3 is 2.71 bits per heavy atom. The number of hydrogen-bond acceptors (Lipinski definition) is 7. The van der Waals surface area contributed by atoms with Crippen LogP contribution in [0.3, 0.4) is 0 Å². The molecule has 3 aromatic rings. The summed E-state index contributed by atoms with van der Waals surface area (Å²) in [6.07, 6.45) is 0.529. The zero-order valence-corrected chi connectivity index (χ0v) is 16.4. The van der Waals surface area contributed by atoms with E-state index in [9.17, 15) is 9.59 Å². The van der Waals surface area contributed by atoms with Crippen LogP contribution >= 0.6 is 23.4 Å². The molecule has 0 saturated carbocycles. The lowest BCUT2D eigenvalue weighted by molar-refractivity contribution is -0.113. The molecule has 9 heteroatoms. The highest BCUT2D eigenvalue weighted by molar-refractivity contribution is 7.99. The van der Waals surface area contributed by atoms with Crippen molar-refractivity contribution in [3.05, 3.63) is 70.6 Å². The molecule has 1 aromatic heterocycles. The first-order valence-electron chi connectivity index (χ1n) is 8.22. The van der Waals surface area contributed by atoms with Crippen molar-refractivity contribution in [1.29, 1.82) is 0 Å². The quantitative estimate of drug-likeness (QED) is 0.461. The number of aromatic nitrogens is 2. The average Bonchev–Trinajstić information content (AvgIpc) is 3.15. The van der Waals surface area contributed by atoms with Crippen LogP contribution < -0.4 is 5.32 Å². The molecule has 28 heavy (non-hydrogen) atoms. The molecule has 7 nitrogen and oxygen atoms in total. The lowest BCUT2D eigenvalue weighted by Gasteiger charge is -2.07. The third-order valence-electron chi connectivity index (χ3n) is 3.63. The number of methoxy groups -OCH3 is 1. The molecular weight excluding hydrogens is 402 g/mol. The normalized spacial score (nSPS) is 10.5. The molecule has 1 N–H and O–H groups in total. The van der Waals surface area contributed by atoms with Crippen molar-refractivity contribution in [3.8, 4) is 0 Å². The fraction of sp³-hybridized carbons (Fsp3) is 0.158. The SMILES string of the molecule is COC(=O)c1cc(NC(=O)CSc2nnc(Cc3ccccc3)o2)ccc1Cl. The third-order valence-corrected chi connectivity index (χ3v) is 4.78. The smallest absolute Gasteiger partial charge is 0.339 e. The highest BCUT2D eigenvalue weighted by Gasteiger charge is 2.14. The summed E-state index contributed by atoms with van der Waals surface area (Å²) in [6, 6.07) is 14.3. The largest absolute Gasteiger partial charge is 0.465 e. The van der Waals surface area contributed by atoms with Gasteiger partial charge in [-0.2, -0.15) is 0 Å². The van der Waals surface area contributed by atoms with Gasteiger partial charge < -0.3 is 14.5 Å². The van der Waals surface area contributed by atoms with Gasteiger partial charge in [0.05, 0.1) is 29.9 Å². The number of anilines is 1. The van der Waals surface area contributed by atoms with Crippen molar-refractivity contribution < 1.29 is 18.7 Å². The van der Waals surface area contributed by atoms with Gasteiger partial charge in [0.25, 0.3) is 5.22 Å². The Morgan fingerprint density at radius 1 is 1.18 bits per heavy atom. The lowest BCUT2D eigenvalue weighted by atomic mass is 10.2. The second-order valence-electron chi connectivity index (χ2n) is 5.65. The van der Waals surface area contributed by atoms with Crippen LogP contribution in [-0.2, 0) is 16.0 Å². The summed E-state index contributed by atoms with van der Waals surface area (Å²) >= 11 is 7.09. The van der Waals surface area contributed by atoms with Crippen LogP contribution in [0, 0.1) is 0 Å². The van der Waals surface area contributed by atoms with Crippen molar-refractivity contribution in [1.82, 2.24) is 10.2 Å². The molecule has 0 radical (unpaired) electrons. The number of halogens is 1. The van der Waals surface area contributed by atoms with E-state index >= 15 is 0 Å². The minimum atomic E-state index is -0.577. The number of thioether (sulfide) groups is 1. The molecule has 0 aliphatic carbocycles. The summed E-state index contributed by atoms with van der Waals surface area (Å²) in [6.45, 7) is 0. The van der Waals surface area contributed by atoms with Gasteiger partial charge in [-0.1, -0.05) is 53.7 Å². The van der Waals surface area contributed by atoms with E-state index in [1.807, 2.05) is 30.3 Å². The molecule has 0 bridgehead atoms. The zero-order valence-electron chi connectivity index (χ0n) is 14.8. The molecule has 0 fully saturated rings. The molecular formula is C19H16ClN3O4S. The number of nitrogens with zero attached hydrogens (tertiary/aromatic N) is 2. The van der Waals surface area contributed by atoms with Crippen molar-refractivity contribution in [3.63, 3.8) is 0 Å². The number of esters is 1. The molecule has 0 aliphatic heterocycles. The summed E-state index contributed by atoms with van der Waals surface area (Å²) in [5.74, 6) is -0.309. The Bertz CT molecular complexity index is 978. The van der Waals surface area contributed by atoms with Gasteiger partial charge >= 0.3 is 5.97 Å². The maximum absolute atomic E-state index is 12.1. The average molecular weight is 418 g/mol. The van der Waals surface area contributed by atoms with Crippen LogP contribution in [0.2, 0.25) is 5.02 Å². The van der Waals surface area contributed by atoms with Gasteiger partial charge in [0.2, 0.25) is 11.8 Å². The molecule has 0 atom stereocenters. The van der Waals surface area contributed by atoms with E-state index in [4.69, 9.17) is 16.0 Å². The van der Waals surface area contributed by atoms with Gasteiger partial charge in [-0.3, -0.25) is 4.79 Å². The van der Waals surface area contributed by atoms with Crippen LogP contribution in [0.4, 0.5) is 5.69 Å². The summed E-state index contributed by atoms with van der Waals surface area (Å²) in [5.41, 5.74) is 1.67. The monoisotopic (exact) mass is 417 g/mol. The third kappa shape index (κ3) is 5.34. The molecule has 3 rings (SSSR count). The number of hydrogen-bond donors (Lipinski definition) is 1. The Hall–Kier alpha value is -2.84. The van der Waals surface area contributed by atoms with Crippen LogP contribution in [0.15, 0.2) is 58.2 Å². The van der Waals surface area contributed by atoms with Gasteiger partial charge in [0.1, 0.15) is 0 Å². The van der Waals surface area contributed by atoms with Crippen LogP contribution in [-0.4, -0.2) is 34.9 Å². The Morgan fingerprint density at radius 2 is 1.96 bits per heavy atom. The summed E-state index contributed by atoms with van der Waals surface area (Å²) in [4.78, 5) is 23.8. The summed E-state index contributed by atoms with van der Waals surface area (Å²) in [7, 11) is 1.26. The maximum Gasteiger partial charge on any atom is 0.339 e. The highest BCUT2D eigenvalue weighted by atomic mass is 35.5. The molecule has 2 aromatic carbocycles. The predicted molar refractivity (Wildman–Crippen MR) is 106 cm³/mol. The van der Waals surface area contributed by atoms with E-state index < -0.39 is 5.97 Å². The predicted octanol–water partition coefficient (Wildman–Crippen LogP) is 3.83. The van der Waals surface area contributed by atoms with Gasteiger partial charge in [-0.05, 0) is 23.8 Å². The number of carbonyl (C=O) groups excluding carboxylic acids is 2. The van der Waals surface area contributed by atoms with Crippen LogP contribution in [0.25, 0.3) is 0 Å². The molecule has 0 saturated heterocycles. The molecule has 1 amide bonds. The Labute approximate surface area is 170 Å². The van der Waals surface area contributed by atoms with Crippen molar-refractivity contribution in [2.45, 2.75) is 11.6 Å². The first-order chi connectivity index (χ1) is 13.5. The molecule has 0 unspecified atom stereocenters. The molecule has 1 heterocycles. The topological polar surface area (TPSA) is 94.3 Å². The fourth-order valence-electron chi connectivity index (χ4n) is 2.33. The number of benzene rings is 2. The summed E-state index contributed by atoms with van der Waals surface area (Å²) in [5, 5.41) is 11.2. The molecule has 0 aliphatic rings. The summed E-state index contributed by atoms with van der Waals surface area (Å²) < 4.78 is 10.2. The number of rotatable bonds is 7. The molecule has 0 spiro atoms. The van der Waals surface area contributed by atoms with Gasteiger partial charge in [-0.15, -0.1) is 10.2 Å². The van der Waals surface area contributed by atoms with E-state index in [1.165, 1.54) is 19.2 Å². The number of amides is 1. The Balaban J connectivity index is 1.54. The maximum atomic E-state index is 12.1. The van der Waals surface area contributed by atoms with Crippen molar-refractivity contribution >= 4 is 40.9 Å². The zero-order chi connectivity index (χ0) is 19.9. The standard InChI is InChI=1S/C19H16ClN3O4S/c1-26-18(25)14-10-13(7-8-15(14)20)21-16(24)11-28-19-23-22-17(27-19)9-12-5-3-2-4-6-12/h2-8,10H,9,11H2,1H3,(H,21,24). The van der Waals surface area contributed by atoms with Crippen LogP contribution in [0.5, 0.6) is 0 Å². The second-order valence-corrected chi connectivity index (χ2v) is 6.98. The second kappa shape index (κ2) is 9.38. The van der Waals surface area contributed by atoms with Gasteiger partial charge in [0.15, 0.2) is 0 Å². The van der Waals surface area contributed by atoms with E-state index in [-0.39, 0.29) is 22.2 Å². The van der Waals surface area contributed by atoms with E-state index in [0.29, 0.717) is 23.2 Å². The number of nitrogens with one attached hydrogen (secondary N) is 1. The van der Waals surface area contributed by atoms with Crippen molar-refractivity contribution in [2.75, 3.05) is 18.2 Å². The van der Waals surface area contributed by atoms with E-state index in [1.54, 1.807) is 6.07 Å². The molecule has 144 valence electrons. The lowest BCUT2D eigenvalue weighted by Crippen LogP contribution is -2.14. The van der Waals surface area contributed by atoms with E-state index in [2.05, 4.69) is 20.3 Å². The highest BCUT2D eigenvalue weighted by Crippen LogP contribution is 2.22. The van der Waals surface area contributed by atoms with E-state index in [0.717, 1.165) is 17.3 Å². The minimum absolute atomic E-state index is 0.0726.